The number of rotatable bonds is 6. The molecule has 340 valence electrons. The van der Waals surface area contributed by atoms with Gasteiger partial charge >= 0.3 is 0 Å². The van der Waals surface area contributed by atoms with Crippen molar-refractivity contribution in [2.75, 3.05) is 35.5 Å². The lowest BCUT2D eigenvalue weighted by atomic mass is 9.79. The molecule has 0 aliphatic heterocycles. The van der Waals surface area contributed by atoms with Gasteiger partial charge in [0.2, 0.25) is 0 Å². The third-order valence-corrected chi connectivity index (χ3v) is 12.7. The summed E-state index contributed by atoms with van der Waals surface area (Å²) in [7, 11) is 8.79. The van der Waals surface area contributed by atoms with E-state index >= 15 is 0 Å². The summed E-state index contributed by atoms with van der Waals surface area (Å²) in [6, 6.07) is 22.3. The maximum absolute atomic E-state index is 9.79. The van der Waals surface area contributed by atoms with E-state index in [-0.39, 0.29) is 21.7 Å². The summed E-state index contributed by atoms with van der Waals surface area (Å²) >= 11 is 0. The summed E-state index contributed by atoms with van der Waals surface area (Å²) in [5.41, 5.74) is 24.8. The molecule has 0 amide bonds. The molecule has 1 aliphatic rings. The average Bonchev–Trinajstić information content (AvgIpc) is 3.19. The van der Waals surface area contributed by atoms with Gasteiger partial charge in [-0.25, -0.2) is 0 Å². The summed E-state index contributed by atoms with van der Waals surface area (Å²) in [5, 5.41) is 4.17. The number of methoxy groups -OCH3 is 5. The van der Waals surface area contributed by atoms with Gasteiger partial charge in [0, 0.05) is 42.7 Å². The van der Waals surface area contributed by atoms with Gasteiger partial charge in [-0.15, -0.1) is 0 Å². The third kappa shape index (κ3) is 10.0. The van der Waals surface area contributed by atoms with E-state index in [4.69, 9.17) is 23.7 Å². The van der Waals surface area contributed by atoms with Crippen molar-refractivity contribution >= 4 is 5.69 Å². The van der Waals surface area contributed by atoms with Gasteiger partial charge in [-0.2, -0.15) is 0 Å². The highest BCUT2D eigenvalue weighted by Crippen LogP contribution is 2.44. The van der Waals surface area contributed by atoms with Crippen LogP contribution >= 0.6 is 0 Å². The van der Waals surface area contributed by atoms with Crippen molar-refractivity contribution in [1.82, 2.24) is 0 Å². The molecule has 0 unspecified atom stereocenters. The zero-order valence-electron chi connectivity index (χ0n) is 41.7. The molecule has 1 aliphatic carbocycles. The smallest absolute Gasteiger partial charge is 0.125 e. The fourth-order valence-electron chi connectivity index (χ4n) is 9.25. The first-order valence-electron chi connectivity index (χ1n) is 22.5. The van der Waals surface area contributed by atoms with Crippen molar-refractivity contribution in [3.63, 3.8) is 0 Å². The molecule has 10 bridgehead atoms. The molecule has 5 aromatic carbocycles. The first kappa shape index (κ1) is 47.9. The van der Waals surface area contributed by atoms with Crippen molar-refractivity contribution in [3.05, 3.63) is 149 Å². The maximum atomic E-state index is 9.79. The van der Waals surface area contributed by atoms with Crippen molar-refractivity contribution in [3.8, 4) is 28.7 Å². The van der Waals surface area contributed by atoms with Crippen LogP contribution in [0.25, 0.3) is 10.4 Å². The zero-order chi connectivity index (χ0) is 47.1. The van der Waals surface area contributed by atoms with Crippen LogP contribution in [0.4, 0.5) is 5.69 Å². The fraction of sp³-hybridized carbons (Fsp3) is 0.464. The minimum atomic E-state index is -0.174. The Morgan fingerprint density at radius 2 is 0.516 bits per heavy atom. The van der Waals surface area contributed by atoms with Crippen LogP contribution in [-0.2, 0) is 53.8 Å². The second kappa shape index (κ2) is 18.1. The Hall–Kier alpha value is -5.59. The van der Waals surface area contributed by atoms with Gasteiger partial charge in [-0.1, -0.05) is 137 Å². The number of azide groups is 1. The molecule has 8 heteroatoms. The standard InChI is InChI=1S/C56H71N3O5/c1-53(2,3)43-23-33-18-34-24-44(54(4,5)6)26-36(49(34)61-14)20-38-28-46(56(10,11)12)30-40(51(38)63-16)22-42-32-47(58-59-57)31-41(52(42)64-17)21-39-29-45(55(7,8)9)27-37(50(39)62-15)19-35(25-43)48(33)60-13/h23-32H,18-22H2,1-17H3. The lowest BCUT2D eigenvalue weighted by Crippen LogP contribution is -2.16. The van der Waals surface area contributed by atoms with Crippen LogP contribution in [0.15, 0.2) is 65.8 Å². The average molecular weight is 866 g/mol. The van der Waals surface area contributed by atoms with Crippen molar-refractivity contribution < 1.29 is 23.7 Å². The number of fused-ring (bicyclic) bond motifs is 10. The van der Waals surface area contributed by atoms with Crippen LogP contribution in [0.2, 0.25) is 0 Å². The lowest BCUT2D eigenvalue weighted by molar-refractivity contribution is 0.395. The van der Waals surface area contributed by atoms with Crippen LogP contribution in [0.1, 0.15) is 161 Å². The van der Waals surface area contributed by atoms with Crippen LogP contribution in [0.5, 0.6) is 28.7 Å². The van der Waals surface area contributed by atoms with Gasteiger partial charge in [0.25, 0.3) is 0 Å². The Labute approximate surface area is 383 Å². The number of ether oxygens (including phenoxy) is 5. The topological polar surface area (TPSA) is 94.9 Å². The zero-order valence-corrected chi connectivity index (χ0v) is 41.7. The molecule has 0 saturated heterocycles. The van der Waals surface area contributed by atoms with E-state index in [0.29, 0.717) is 37.8 Å². The second-order valence-electron chi connectivity index (χ2n) is 21.7. The molecule has 0 saturated carbocycles. The number of benzene rings is 5. The van der Waals surface area contributed by atoms with Gasteiger partial charge in [-0.3, -0.25) is 0 Å². The highest BCUT2D eigenvalue weighted by atomic mass is 16.5. The van der Waals surface area contributed by atoms with Gasteiger partial charge in [-0.05, 0) is 117 Å². The monoisotopic (exact) mass is 866 g/mol. The molecule has 0 heterocycles. The van der Waals surface area contributed by atoms with E-state index in [1.54, 1.807) is 35.5 Å². The first-order valence-corrected chi connectivity index (χ1v) is 22.5. The second-order valence-corrected chi connectivity index (χ2v) is 21.7. The van der Waals surface area contributed by atoms with E-state index in [1.165, 1.54) is 22.3 Å². The van der Waals surface area contributed by atoms with Gasteiger partial charge in [0.15, 0.2) is 0 Å². The number of hydrogen-bond donors (Lipinski definition) is 0. The van der Waals surface area contributed by atoms with Crippen LogP contribution in [0.3, 0.4) is 0 Å². The number of nitrogens with zero attached hydrogens (tertiary/aromatic N) is 3. The molecule has 8 nitrogen and oxygen atoms in total. The van der Waals surface area contributed by atoms with Crippen LogP contribution < -0.4 is 23.7 Å². The normalized spacial score (nSPS) is 13.4. The van der Waals surface area contributed by atoms with Crippen molar-refractivity contribution in [2.24, 2.45) is 5.11 Å². The Kier molecular flexibility index (Phi) is 13.6. The first-order chi connectivity index (χ1) is 29.9. The largest absolute Gasteiger partial charge is 0.496 e. The summed E-state index contributed by atoms with van der Waals surface area (Å²) in [6.07, 6.45) is 2.72. The van der Waals surface area contributed by atoms with Gasteiger partial charge < -0.3 is 23.7 Å². The quantitative estimate of drug-likeness (QED) is 0.0944. The maximum Gasteiger partial charge on any atom is 0.125 e. The molecule has 0 spiro atoms. The minimum Gasteiger partial charge on any atom is -0.496 e. The molecule has 0 fully saturated rings. The van der Waals surface area contributed by atoms with E-state index < -0.39 is 0 Å². The molecule has 0 radical (unpaired) electrons. The van der Waals surface area contributed by atoms with Gasteiger partial charge in [0.05, 0.1) is 35.5 Å². The highest BCUT2D eigenvalue weighted by Gasteiger charge is 2.29. The summed E-state index contributed by atoms with van der Waals surface area (Å²) < 4.78 is 32.2. The highest BCUT2D eigenvalue weighted by molar-refractivity contribution is 5.62. The number of hydrogen-bond acceptors (Lipinski definition) is 6. The summed E-state index contributed by atoms with van der Waals surface area (Å²) in [5.74, 6) is 4.05. The minimum absolute atomic E-state index is 0.147. The Morgan fingerprint density at radius 1 is 0.344 bits per heavy atom. The Balaban J connectivity index is 1.81. The SMILES string of the molecule is COc1c2cc(N=[N+]=[N-])cc1Cc1cc(C(C)(C)C)cc(c1OC)Cc1cc(C(C)(C)C)cc(c1OC)Cc1cc(C(C)(C)C)cc(c1OC)Cc1cc(C(C)(C)C)cc(c1OC)C2. The van der Waals surface area contributed by atoms with Crippen molar-refractivity contribution in [1.29, 1.82) is 0 Å². The molecular weight excluding hydrogens is 795 g/mol. The fourth-order valence-corrected chi connectivity index (χ4v) is 9.25. The predicted molar refractivity (Wildman–Crippen MR) is 263 cm³/mol. The lowest BCUT2D eigenvalue weighted by Gasteiger charge is -2.28. The predicted octanol–water partition coefficient (Wildman–Crippen LogP) is 14.1. The molecule has 64 heavy (non-hydrogen) atoms. The molecule has 0 N–H and O–H groups in total. The summed E-state index contributed by atoms with van der Waals surface area (Å²) in [6.45, 7) is 27.1. The van der Waals surface area contributed by atoms with Crippen molar-refractivity contribution in [2.45, 2.75) is 137 Å². The molecule has 0 atom stereocenters. The molecule has 5 aromatic rings. The summed E-state index contributed by atoms with van der Waals surface area (Å²) in [4.78, 5) is 3.24. The van der Waals surface area contributed by atoms with Gasteiger partial charge in [0.1, 0.15) is 28.7 Å². The van der Waals surface area contributed by atoms with E-state index in [2.05, 4.69) is 142 Å². The molecule has 0 aromatic heterocycles. The van der Waals surface area contributed by atoms with Crippen LogP contribution in [-0.4, -0.2) is 35.5 Å². The van der Waals surface area contributed by atoms with E-state index in [0.717, 1.165) is 84.4 Å². The third-order valence-electron chi connectivity index (χ3n) is 12.7. The molecular formula is C56H71N3O5. The van der Waals surface area contributed by atoms with Crippen LogP contribution in [0, 0.1) is 0 Å². The van der Waals surface area contributed by atoms with E-state index in [9.17, 15) is 5.53 Å². The Bertz CT molecular complexity index is 2440. The molecule has 6 rings (SSSR count). The Morgan fingerprint density at radius 3 is 0.656 bits per heavy atom. The van der Waals surface area contributed by atoms with E-state index in [1.807, 2.05) is 12.1 Å².